The van der Waals surface area contributed by atoms with Gasteiger partial charge in [0.25, 0.3) is 0 Å². The lowest BCUT2D eigenvalue weighted by Crippen LogP contribution is -2.12. The molecule has 10 aromatic carbocycles. The molecule has 0 unspecified atom stereocenters. The van der Waals surface area contributed by atoms with Gasteiger partial charge in [-0.15, -0.1) is 0 Å². The molecule has 0 aliphatic heterocycles. The van der Waals surface area contributed by atoms with Crippen LogP contribution in [-0.4, -0.2) is 0 Å². The molecule has 3 heteroatoms. The van der Waals surface area contributed by atoms with Gasteiger partial charge in [-0.1, -0.05) is 162 Å². The zero-order valence-electron chi connectivity index (χ0n) is 41.6. The van der Waals surface area contributed by atoms with Gasteiger partial charge in [-0.05, 0) is 191 Å². The molecule has 0 amide bonds. The summed E-state index contributed by atoms with van der Waals surface area (Å²) in [6.45, 7) is 14.9. The molecule has 0 aromatic heterocycles. The van der Waals surface area contributed by atoms with E-state index in [9.17, 15) is 0 Å². The van der Waals surface area contributed by atoms with Gasteiger partial charge < -0.3 is 14.7 Å². The lowest BCUT2D eigenvalue weighted by atomic mass is 10.0. The number of rotatable bonds is 10. The smallest absolute Gasteiger partial charge is 0.0464 e. The molecule has 0 N–H and O–H groups in total. The minimum Gasteiger partial charge on any atom is -0.311 e. The molecule has 0 atom stereocenters. The summed E-state index contributed by atoms with van der Waals surface area (Å²) in [5.41, 5.74) is 21.6. The highest BCUT2D eigenvalue weighted by molar-refractivity contribution is 5.82. The third-order valence-corrected chi connectivity index (χ3v) is 12.2. The zero-order chi connectivity index (χ0) is 48.8. The monoisotopic (exact) mass is 910 g/mol. The Hall–Kier alpha value is -8.40. The lowest BCUT2D eigenvalue weighted by molar-refractivity contribution is 1.24. The number of benzene rings is 10. The van der Waals surface area contributed by atoms with Crippen LogP contribution in [0.25, 0.3) is 11.1 Å². The fraction of sp³-hybridized carbons (Fsp3) is 0.104. The summed E-state index contributed by atoms with van der Waals surface area (Å²) in [4.78, 5) is 6.94. The van der Waals surface area contributed by atoms with E-state index in [0.717, 1.165) is 34.1 Å². The number of hydrogen-bond donors (Lipinski definition) is 0. The fourth-order valence-corrected chi connectivity index (χ4v) is 8.51. The van der Waals surface area contributed by atoms with Crippen molar-refractivity contribution in [2.24, 2.45) is 0 Å². The molecule has 0 fully saturated rings. The highest BCUT2D eigenvalue weighted by atomic mass is 15.2. The molecule has 10 aromatic rings. The number of hydrogen-bond acceptors (Lipinski definition) is 3. The van der Waals surface area contributed by atoms with Crippen LogP contribution >= 0.6 is 0 Å². The molecule has 0 spiro atoms. The van der Waals surface area contributed by atoms with Crippen molar-refractivity contribution < 1.29 is 0 Å². The maximum atomic E-state index is 2.33. The second kappa shape index (κ2) is 23.1. The van der Waals surface area contributed by atoms with Gasteiger partial charge >= 0.3 is 0 Å². The highest BCUT2D eigenvalue weighted by Gasteiger charge is 2.17. The predicted octanol–water partition coefficient (Wildman–Crippen LogP) is 19.3. The third kappa shape index (κ3) is 12.6. The second-order valence-electron chi connectivity index (χ2n) is 18.1. The zero-order valence-corrected chi connectivity index (χ0v) is 41.6. The Balaban J connectivity index is 0.000000188. The average Bonchev–Trinajstić information content (AvgIpc) is 3.37. The van der Waals surface area contributed by atoms with Crippen molar-refractivity contribution in [2.75, 3.05) is 14.7 Å². The van der Waals surface area contributed by atoms with E-state index >= 15 is 0 Å². The SMILES string of the molecule is Cc1ccc(-c2ccc(N(c3ccccc3)c3ccc(N(c4cccc(C)c4)c4cccc(C)c4)cc3)cc2)cc1.Cc1ccc(N(c2cccc(C)c2)c2cccc(C)c2)cc1.Cc1ccccc1. The van der Waals surface area contributed by atoms with Crippen LogP contribution in [0.2, 0.25) is 0 Å². The molecule has 0 bridgehead atoms. The molecular formula is C67H63N3. The summed E-state index contributed by atoms with van der Waals surface area (Å²) >= 11 is 0. The highest BCUT2D eigenvalue weighted by Crippen LogP contribution is 2.40. The van der Waals surface area contributed by atoms with Crippen molar-refractivity contribution >= 4 is 51.2 Å². The largest absolute Gasteiger partial charge is 0.311 e. The van der Waals surface area contributed by atoms with Crippen LogP contribution < -0.4 is 14.7 Å². The van der Waals surface area contributed by atoms with Crippen LogP contribution in [0.1, 0.15) is 38.9 Å². The van der Waals surface area contributed by atoms with Crippen molar-refractivity contribution in [2.45, 2.75) is 48.5 Å². The minimum absolute atomic E-state index is 1.11. The number of para-hydroxylation sites is 1. The van der Waals surface area contributed by atoms with Crippen LogP contribution in [0, 0.1) is 48.5 Å². The van der Waals surface area contributed by atoms with Crippen molar-refractivity contribution in [3.63, 3.8) is 0 Å². The molecule has 0 saturated heterocycles. The van der Waals surface area contributed by atoms with Gasteiger partial charge in [0.15, 0.2) is 0 Å². The van der Waals surface area contributed by atoms with E-state index < -0.39 is 0 Å². The first-order valence-corrected chi connectivity index (χ1v) is 24.2. The second-order valence-corrected chi connectivity index (χ2v) is 18.1. The number of aryl methyl sites for hydroxylation is 7. The first kappa shape index (κ1) is 48.1. The van der Waals surface area contributed by atoms with E-state index in [-0.39, 0.29) is 0 Å². The van der Waals surface area contributed by atoms with Crippen molar-refractivity contribution in [3.8, 4) is 11.1 Å². The van der Waals surface area contributed by atoms with E-state index in [1.165, 1.54) is 67.1 Å². The fourth-order valence-electron chi connectivity index (χ4n) is 8.51. The van der Waals surface area contributed by atoms with Crippen molar-refractivity contribution in [1.29, 1.82) is 0 Å². The number of anilines is 9. The van der Waals surface area contributed by atoms with Gasteiger partial charge in [0, 0.05) is 51.2 Å². The van der Waals surface area contributed by atoms with Gasteiger partial charge in [0.2, 0.25) is 0 Å². The van der Waals surface area contributed by atoms with Gasteiger partial charge in [0.05, 0.1) is 0 Å². The summed E-state index contributed by atoms with van der Waals surface area (Å²) in [5, 5.41) is 0. The third-order valence-electron chi connectivity index (χ3n) is 12.2. The molecule has 0 saturated carbocycles. The first-order chi connectivity index (χ1) is 34.1. The summed E-state index contributed by atoms with van der Waals surface area (Å²) in [7, 11) is 0. The molecule has 0 aliphatic carbocycles. The van der Waals surface area contributed by atoms with Crippen LogP contribution in [0.15, 0.2) is 255 Å². The first-order valence-electron chi connectivity index (χ1n) is 24.2. The molecule has 0 heterocycles. The van der Waals surface area contributed by atoms with Crippen molar-refractivity contribution in [1.82, 2.24) is 0 Å². The molecular weight excluding hydrogens is 847 g/mol. The number of nitrogens with zero attached hydrogens (tertiary/aromatic N) is 3. The van der Waals surface area contributed by atoms with Crippen LogP contribution in [-0.2, 0) is 0 Å². The maximum absolute atomic E-state index is 2.33. The van der Waals surface area contributed by atoms with Crippen LogP contribution in [0.4, 0.5) is 51.2 Å². The quantitative estimate of drug-likeness (QED) is 0.135. The molecule has 3 nitrogen and oxygen atoms in total. The summed E-state index contributed by atoms with van der Waals surface area (Å²) < 4.78 is 0. The van der Waals surface area contributed by atoms with Crippen LogP contribution in [0.3, 0.4) is 0 Å². The molecule has 10 rings (SSSR count). The van der Waals surface area contributed by atoms with Crippen molar-refractivity contribution in [3.05, 3.63) is 294 Å². The Morgan fingerprint density at radius 1 is 0.171 bits per heavy atom. The van der Waals surface area contributed by atoms with E-state index in [1.54, 1.807) is 0 Å². The van der Waals surface area contributed by atoms with E-state index in [1.807, 2.05) is 18.2 Å². The van der Waals surface area contributed by atoms with Gasteiger partial charge in [-0.3, -0.25) is 0 Å². The lowest BCUT2D eigenvalue weighted by Gasteiger charge is -2.28. The van der Waals surface area contributed by atoms with Gasteiger partial charge in [-0.25, -0.2) is 0 Å². The van der Waals surface area contributed by atoms with E-state index in [4.69, 9.17) is 0 Å². The average molecular weight is 910 g/mol. The Bertz CT molecular complexity index is 3100. The molecule has 0 radical (unpaired) electrons. The topological polar surface area (TPSA) is 9.72 Å². The molecule has 70 heavy (non-hydrogen) atoms. The van der Waals surface area contributed by atoms with Gasteiger partial charge in [0.1, 0.15) is 0 Å². The van der Waals surface area contributed by atoms with Gasteiger partial charge in [-0.2, -0.15) is 0 Å². The Morgan fingerprint density at radius 2 is 0.386 bits per heavy atom. The Labute approximate surface area is 417 Å². The maximum Gasteiger partial charge on any atom is 0.0464 e. The standard InChI is InChI=1S/C39H34N2.C21H21N.C7H8/c1-29-15-17-32(18-16-29)33-19-21-35(22-20-33)40(34-11-5-4-6-12-34)36-23-25-37(26-24-36)41(38-13-7-9-30(2)27-38)39-14-8-10-31(3)28-39;1-16-10-12-19(13-11-16)22(20-8-4-6-17(2)14-20)21-9-5-7-18(3)15-21;1-7-5-3-2-4-6-7/h4-28H,1-3H3;4-15H,1-3H3;2-6H,1H3. The van der Waals surface area contributed by atoms with E-state index in [2.05, 4.69) is 300 Å². The molecule has 346 valence electrons. The van der Waals surface area contributed by atoms with E-state index in [0.29, 0.717) is 0 Å². The Kier molecular flexibility index (Phi) is 15.8. The summed E-state index contributed by atoms with van der Waals surface area (Å²) in [6, 6.07) is 90.5. The Morgan fingerprint density at radius 3 is 0.700 bits per heavy atom. The summed E-state index contributed by atoms with van der Waals surface area (Å²) in [6.07, 6.45) is 0. The molecule has 0 aliphatic rings. The summed E-state index contributed by atoms with van der Waals surface area (Å²) in [5.74, 6) is 0. The normalized spacial score (nSPS) is 10.5. The predicted molar refractivity (Wildman–Crippen MR) is 302 cm³/mol. The van der Waals surface area contributed by atoms with Crippen LogP contribution in [0.5, 0.6) is 0 Å². The minimum atomic E-state index is 1.11.